The first-order valence-electron chi connectivity index (χ1n) is 8.86. The molecule has 0 radical (unpaired) electrons. The van der Waals surface area contributed by atoms with Gasteiger partial charge in [-0.05, 0) is 54.4 Å². The second kappa shape index (κ2) is 7.55. The summed E-state index contributed by atoms with van der Waals surface area (Å²) in [4.78, 5) is 26.1. The molecule has 0 fully saturated rings. The van der Waals surface area contributed by atoms with Gasteiger partial charge in [0.2, 0.25) is 5.89 Å². The number of aromatic nitrogens is 1. The lowest BCUT2D eigenvalue weighted by Gasteiger charge is -2.03. The van der Waals surface area contributed by atoms with E-state index >= 15 is 0 Å². The lowest BCUT2D eigenvalue weighted by molar-refractivity contribution is -0.514. The second-order valence-corrected chi connectivity index (χ2v) is 6.47. The van der Waals surface area contributed by atoms with Gasteiger partial charge in [-0.3, -0.25) is 14.9 Å². The van der Waals surface area contributed by atoms with Crippen molar-refractivity contribution in [3.63, 3.8) is 0 Å². The van der Waals surface area contributed by atoms with Gasteiger partial charge in [0.1, 0.15) is 11.3 Å². The van der Waals surface area contributed by atoms with Crippen LogP contribution in [-0.4, -0.2) is 22.4 Å². The van der Waals surface area contributed by atoms with Crippen molar-refractivity contribution in [3.8, 4) is 28.3 Å². The molecular weight excluding hydrogens is 372 g/mol. The van der Waals surface area contributed by atoms with Crippen LogP contribution in [0.2, 0.25) is 0 Å². The van der Waals surface area contributed by atoms with Crippen LogP contribution in [0, 0.1) is 10.1 Å². The van der Waals surface area contributed by atoms with Crippen LogP contribution in [0.1, 0.15) is 17.3 Å². The first kappa shape index (κ1) is 18.4. The average Bonchev–Trinajstić information content (AvgIpc) is 3.16. The van der Waals surface area contributed by atoms with Gasteiger partial charge in [-0.2, -0.15) is 0 Å². The Kier molecular flexibility index (Phi) is 4.78. The van der Waals surface area contributed by atoms with Crippen molar-refractivity contribution >= 4 is 16.9 Å². The molecule has 0 saturated carbocycles. The number of ketones is 1. The van der Waals surface area contributed by atoms with Gasteiger partial charge in [-0.1, -0.05) is 30.3 Å². The number of benzene rings is 3. The molecule has 7 heteroatoms. The minimum atomic E-state index is -0.611. The molecule has 1 aromatic heterocycles. The van der Waals surface area contributed by atoms with Crippen LogP contribution in [0.5, 0.6) is 5.75 Å². The number of nitro groups is 1. The van der Waals surface area contributed by atoms with E-state index in [-0.39, 0.29) is 5.78 Å². The summed E-state index contributed by atoms with van der Waals surface area (Å²) in [6.45, 7) is 0.926. The van der Waals surface area contributed by atoms with Crippen LogP contribution >= 0.6 is 0 Å². The summed E-state index contributed by atoms with van der Waals surface area (Å²) < 4.78 is 10.9. The minimum Gasteiger partial charge on any atom is -0.436 e. The van der Waals surface area contributed by atoms with Gasteiger partial charge in [-0.25, -0.2) is 4.98 Å². The number of nitrogens with zero attached hydrogens (tertiary/aromatic N) is 2. The third-order valence-electron chi connectivity index (χ3n) is 4.41. The first-order chi connectivity index (χ1) is 14.0. The van der Waals surface area contributed by atoms with Crippen molar-refractivity contribution in [1.29, 1.82) is 0 Å². The van der Waals surface area contributed by atoms with Crippen molar-refractivity contribution in [2.24, 2.45) is 0 Å². The number of carbonyl (C=O) groups excluding carboxylic acids is 1. The van der Waals surface area contributed by atoms with E-state index in [1.165, 1.54) is 6.92 Å². The molecule has 0 aliphatic carbocycles. The number of hydrogen-bond donors (Lipinski definition) is 0. The summed E-state index contributed by atoms with van der Waals surface area (Å²) in [6.07, 6.45) is 0. The minimum absolute atomic E-state index is 0.0100. The number of carbonyl (C=O) groups is 1. The molecular formula is C22H16N2O5. The molecule has 4 rings (SSSR count). The van der Waals surface area contributed by atoms with E-state index in [0.29, 0.717) is 33.9 Å². The molecule has 0 aliphatic rings. The van der Waals surface area contributed by atoms with E-state index in [2.05, 4.69) is 4.98 Å². The topological polar surface area (TPSA) is 95.5 Å². The fourth-order valence-electron chi connectivity index (χ4n) is 2.99. The van der Waals surface area contributed by atoms with Crippen molar-refractivity contribution in [1.82, 2.24) is 4.98 Å². The Hall–Kier alpha value is -4.00. The summed E-state index contributed by atoms with van der Waals surface area (Å²) in [5.74, 6) is 0.764. The molecule has 0 spiro atoms. The van der Waals surface area contributed by atoms with Gasteiger partial charge >= 0.3 is 6.73 Å². The molecule has 0 aliphatic heterocycles. The first-order valence-corrected chi connectivity index (χ1v) is 8.86. The van der Waals surface area contributed by atoms with Gasteiger partial charge < -0.3 is 9.15 Å². The van der Waals surface area contributed by atoms with Gasteiger partial charge in [-0.15, -0.1) is 0 Å². The molecule has 7 nitrogen and oxygen atoms in total. The molecule has 29 heavy (non-hydrogen) atoms. The molecule has 0 unspecified atom stereocenters. The maximum atomic E-state index is 11.6. The average molecular weight is 388 g/mol. The quantitative estimate of drug-likeness (QED) is 0.200. The predicted octanol–water partition coefficient (Wildman–Crippen LogP) is 4.98. The Morgan fingerprint density at radius 3 is 2.59 bits per heavy atom. The Bertz CT molecular complexity index is 1230. The number of oxazole rings is 1. The standard InChI is InChI=1S/C22H16N2O5/c1-14(25)15-4-2-5-16(10-15)17-8-9-21-20(12-17)23-22(29-21)18-6-3-7-19(11-18)28-13-24(26)27/h2-12H,13H2,1H3. The van der Waals surface area contributed by atoms with Crippen molar-refractivity contribution in [3.05, 3.63) is 82.4 Å². The predicted molar refractivity (Wildman–Crippen MR) is 107 cm³/mol. The summed E-state index contributed by atoms with van der Waals surface area (Å²) in [6, 6.07) is 19.8. The largest absolute Gasteiger partial charge is 0.436 e. The molecule has 1 heterocycles. The fourth-order valence-corrected chi connectivity index (χ4v) is 2.99. The molecule has 0 atom stereocenters. The third kappa shape index (κ3) is 3.98. The highest BCUT2D eigenvalue weighted by Gasteiger charge is 2.11. The Morgan fingerprint density at radius 2 is 1.79 bits per heavy atom. The summed E-state index contributed by atoms with van der Waals surface area (Å²) >= 11 is 0. The number of hydrogen-bond acceptors (Lipinski definition) is 6. The highest BCUT2D eigenvalue weighted by atomic mass is 16.7. The Morgan fingerprint density at radius 1 is 1.03 bits per heavy atom. The van der Waals surface area contributed by atoms with Crippen molar-refractivity contribution < 1.29 is 18.9 Å². The smallest absolute Gasteiger partial charge is 0.344 e. The molecule has 0 amide bonds. The van der Waals surface area contributed by atoms with E-state index in [1.54, 1.807) is 30.3 Å². The van der Waals surface area contributed by atoms with E-state index in [4.69, 9.17) is 9.15 Å². The monoisotopic (exact) mass is 388 g/mol. The SMILES string of the molecule is CC(=O)c1cccc(-c2ccc3oc(-c4cccc(OC[N+](=O)[O-])c4)nc3c2)c1. The lowest BCUT2D eigenvalue weighted by Crippen LogP contribution is -2.07. The summed E-state index contributed by atoms with van der Waals surface area (Å²) in [5, 5.41) is 10.5. The lowest BCUT2D eigenvalue weighted by atomic mass is 10.0. The van der Waals surface area contributed by atoms with Gasteiger partial charge in [0.05, 0.1) is 4.92 Å². The number of ether oxygens (including phenoxy) is 1. The zero-order valence-corrected chi connectivity index (χ0v) is 15.5. The Balaban J connectivity index is 1.67. The van der Waals surface area contributed by atoms with Crippen LogP contribution in [0.4, 0.5) is 0 Å². The Labute approximate surface area is 165 Å². The summed E-state index contributed by atoms with van der Waals surface area (Å²) in [7, 11) is 0. The molecule has 144 valence electrons. The molecule has 4 aromatic rings. The number of fused-ring (bicyclic) bond motifs is 1. The molecule has 0 bridgehead atoms. The second-order valence-electron chi connectivity index (χ2n) is 6.47. The van der Waals surface area contributed by atoms with Crippen molar-refractivity contribution in [2.75, 3.05) is 6.73 Å². The van der Waals surface area contributed by atoms with Crippen LogP contribution in [-0.2, 0) is 0 Å². The maximum absolute atomic E-state index is 11.6. The van der Waals surface area contributed by atoms with E-state index < -0.39 is 11.7 Å². The van der Waals surface area contributed by atoms with Gasteiger partial charge in [0.25, 0.3) is 0 Å². The molecule has 3 aromatic carbocycles. The summed E-state index contributed by atoms with van der Waals surface area (Å²) in [5.41, 5.74) is 4.42. The number of rotatable bonds is 6. The highest BCUT2D eigenvalue weighted by Crippen LogP contribution is 2.30. The van der Waals surface area contributed by atoms with E-state index in [9.17, 15) is 14.9 Å². The van der Waals surface area contributed by atoms with Crippen molar-refractivity contribution in [2.45, 2.75) is 6.92 Å². The fraction of sp³-hybridized carbons (Fsp3) is 0.0909. The zero-order valence-electron chi connectivity index (χ0n) is 15.5. The van der Waals surface area contributed by atoms with E-state index in [0.717, 1.165) is 11.1 Å². The molecule has 0 N–H and O–H groups in total. The highest BCUT2D eigenvalue weighted by molar-refractivity contribution is 5.95. The van der Waals surface area contributed by atoms with Crippen LogP contribution < -0.4 is 4.74 Å². The maximum Gasteiger partial charge on any atom is 0.344 e. The molecule has 0 saturated heterocycles. The van der Waals surface area contributed by atoms with Crippen LogP contribution in [0.15, 0.2) is 71.1 Å². The third-order valence-corrected chi connectivity index (χ3v) is 4.41. The zero-order chi connectivity index (χ0) is 20.4. The van der Waals surface area contributed by atoms with Crippen LogP contribution in [0.25, 0.3) is 33.7 Å². The van der Waals surface area contributed by atoms with Gasteiger partial charge in [0, 0.05) is 11.1 Å². The van der Waals surface area contributed by atoms with Gasteiger partial charge in [0.15, 0.2) is 11.4 Å². The number of Topliss-reactive ketones (excluding diaryl/α,β-unsaturated/α-hetero) is 1. The normalized spacial score (nSPS) is 10.8. The van der Waals surface area contributed by atoms with E-state index in [1.807, 2.05) is 36.4 Å². The van der Waals surface area contributed by atoms with Crippen LogP contribution in [0.3, 0.4) is 0 Å².